The van der Waals surface area contributed by atoms with Crippen LogP contribution in [0.1, 0.15) is 208 Å². The normalized spacial score (nSPS) is 12.1. The number of pyridine rings is 7. The molecule has 9 aromatic carbocycles. The molecule has 708 valence electrons. The summed E-state index contributed by atoms with van der Waals surface area (Å²) < 4.78 is 13.2. The zero-order valence-electron chi connectivity index (χ0n) is 81.6. The maximum atomic E-state index is 4.96. The van der Waals surface area contributed by atoms with E-state index in [4.69, 9.17) is 44.9 Å². The SMILES string of the molecule is CC(C)(C)c1c[c-]c2c(cc(C(C)(C)C)n3c4ccccc4nc23)n1.CC(C)(C)c1cc2ccc[c-]c2c2nc3ccccc3n12.CC(C)(C)c1ccc2nc3c4[c-]cccc4ccn3c2c1.CC(C)(C)c1nc2ccc[c-]c2c2nc3ccccc3n12.Cc1cc2nc3c4[c-]cc(C(C)(C)C)nc4ccn3c2cc1C.Cc1nc2c3[c-]cccc3c(C(C)(C)C)cn2c1C.[Ir].[Ir].[Ir].[Ir].[Ir].[Ir]. The molecule has 0 spiro atoms. The predicted molar refractivity (Wildman–Crippen MR) is 540 cm³/mol. The summed E-state index contributed by atoms with van der Waals surface area (Å²) in [5.41, 5.74) is 31.8. The molecule has 0 aliphatic carbocycles. The molecule has 14 aromatic heterocycles. The van der Waals surface area contributed by atoms with Gasteiger partial charge in [0.1, 0.15) is 5.82 Å². The van der Waals surface area contributed by atoms with Gasteiger partial charge in [0.2, 0.25) is 0 Å². The molecule has 0 atom stereocenters. The number of rotatable bonds is 0. The quantitative estimate of drug-likeness (QED) is 0.136. The van der Waals surface area contributed by atoms with Crippen molar-refractivity contribution in [3.63, 3.8) is 0 Å². The minimum atomic E-state index is -0.0637. The number of para-hydroxylation sites is 6. The molecule has 0 saturated heterocycles. The van der Waals surface area contributed by atoms with Crippen molar-refractivity contribution in [2.24, 2.45) is 0 Å². The van der Waals surface area contributed by atoms with Crippen LogP contribution in [0.25, 0.3) is 154 Å². The van der Waals surface area contributed by atoms with E-state index in [1.54, 1.807) is 0 Å². The first-order valence-electron chi connectivity index (χ1n) is 45.1. The molecule has 0 N–H and O–H groups in total. The zero-order valence-corrected chi connectivity index (χ0v) is 96.0. The van der Waals surface area contributed by atoms with Gasteiger partial charge in [0, 0.05) is 160 Å². The molecule has 0 amide bonds. The summed E-state index contributed by atoms with van der Waals surface area (Å²) in [6, 6.07) is 92.9. The summed E-state index contributed by atoms with van der Waals surface area (Å²) >= 11 is 0. The molecule has 0 aliphatic rings. The Balaban J connectivity index is 0.000000146. The minimum absolute atomic E-state index is 0. The Kier molecular flexibility index (Phi) is 30.7. The molecule has 23 aromatic rings. The number of imidazole rings is 6. The van der Waals surface area contributed by atoms with Crippen molar-refractivity contribution >= 4 is 154 Å². The molecule has 6 radical (unpaired) electrons. The molecule has 136 heavy (non-hydrogen) atoms. The van der Waals surface area contributed by atoms with Gasteiger partial charge in [0.05, 0.1) is 89.1 Å². The molecular formula is C115H113Ir6N15-6. The summed E-state index contributed by atoms with van der Waals surface area (Å²) in [4.78, 5) is 43.5. The molecule has 0 saturated carbocycles. The minimum Gasteiger partial charge on any atom is -0.348 e. The Hall–Kier alpha value is -9.89. The van der Waals surface area contributed by atoms with Crippen LogP contribution in [-0.2, 0) is 159 Å². The fourth-order valence-electron chi connectivity index (χ4n) is 17.4. The van der Waals surface area contributed by atoms with E-state index in [-0.39, 0.29) is 159 Å². The first-order chi connectivity index (χ1) is 61.5. The fourth-order valence-corrected chi connectivity index (χ4v) is 17.4. The molecular weight excluding hydrogens is 2740 g/mol. The van der Waals surface area contributed by atoms with Crippen LogP contribution in [0, 0.1) is 64.1 Å². The van der Waals surface area contributed by atoms with Crippen LogP contribution in [0.5, 0.6) is 0 Å². The van der Waals surface area contributed by atoms with Gasteiger partial charge in [0.15, 0.2) is 0 Å². The van der Waals surface area contributed by atoms with Crippen LogP contribution in [0.3, 0.4) is 0 Å². The maximum absolute atomic E-state index is 4.96. The second kappa shape index (κ2) is 39.8. The van der Waals surface area contributed by atoms with Crippen LogP contribution in [0.15, 0.2) is 231 Å². The van der Waals surface area contributed by atoms with Gasteiger partial charge in [0.25, 0.3) is 0 Å². The maximum Gasteiger partial charge on any atom is 0.102 e. The van der Waals surface area contributed by atoms with E-state index in [0.29, 0.717) is 0 Å². The Morgan fingerprint density at radius 1 is 0.265 bits per heavy atom. The second-order valence-electron chi connectivity index (χ2n) is 41.9. The van der Waals surface area contributed by atoms with E-state index in [9.17, 15) is 0 Å². The third kappa shape index (κ3) is 20.1. The second-order valence-corrected chi connectivity index (χ2v) is 41.9. The Bertz CT molecular complexity index is 8270. The van der Waals surface area contributed by atoms with E-state index in [1.165, 1.54) is 55.5 Å². The molecule has 0 aliphatic heterocycles. The number of aromatic nitrogens is 15. The largest absolute Gasteiger partial charge is 0.348 e. The van der Waals surface area contributed by atoms with E-state index in [2.05, 4.69) is 376 Å². The topological polar surface area (TPSA) is 142 Å². The molecule has 0 fully saturated rings. The molecule has 21 heteroatoms. The smallest absolute Gasteiger partial charge is 0.102 e. The average molecular weight is 2860 g/mol. The standard InChI is InChI=1S/C22H24N3.C20H20N3.2C19H17N2.C18H16N3.C17H19N2.6Ir/c1-21(2,3)18-12-11-14-16(23-18)13-19(22(4,5)6)25-17-10-8-7-9-15(17)24-20(14)25;1-12-10-16-17(11-13(12)2)23-9-8-15-14(19(23)22-16)6-7-18(21-15)20(3,4)5;1-19(2,3)17-12-13-8-4-5-9-14(13)18-20-15-10-6-7-11-16(15)21(17)18;1-19(2,3)14-8-9-16-17(12-14)21-11-10-13-6-4-5-7-15(13)18(21)20-16;1-18(2,3)17-20-13-9-5-4-8-12(13)16-19-14-10-6-7-11-15(14)21(16)17;1-11-12(2)19-10-15(17(3,4)5)13-8-6-7-9-14(13)16(19)18-11;;;;;;/h7-10,12-13H,1-6H3;7-11H,1-5H3;4-8,10-12H,1-3H3;4-6,8-12H,1-3H3;4-7,9-11H,1-3H3;6-8,10H,1-5H3;;;;;;/q6*-1;;;;;;. The Labute approximate surface area is 877 Å². The van der Waals surface area contributed by atoms with Crippen LogP contribution >= 0.6 is 0 Å². The first-order valence-corrected chi connectivity index (χ1v) is 45.1. The van der Waals surface area contributed by atoms with Gasteiger partial charge in [-0.25, -0.2) is 0 Å². The first kappa shape index (κ1) is 105. The fraction of sp³-hybridized carbons (Fsp3) is 0.278. The number of aryl methyl sites for hydroxylation is 4. The van der Waals surface area contributed by atoms with Gasteiger partial charge in [-0.3, -0.25) is 34.9 Å². The van der Waals surface area contributed by atoms with Crippen molar-refractivity contribution in [1.82, 2.24) is 71.3 Å². The average Bonchev–Trinajstić information content (AvgIpc) is 1.57. The van der Waals surface area contributed by atoms with Crippen molar-refractivity contribution in [3.05, 3.63) is 330 Å². The third-order valence-electron chi connectivity index (χ3n) is 24.8. The zero-order chi connectivity index (χ0) is 92.0. The Morgan fingerprint density at radius 2 is 0.676 bits per heavy atom. The monoisotopic (exact) mass is 2860 g/mol. The molecule has 23 rings (SSSR count). The van der Waals surface area contributed by atoms with Crippen molar-refractivity contribution in [3.8, 4) is 0 Å². The van der Waals surface area contributed by atoms with Crippen LogP contribution < -0.4 is 0 Å². The molecule has 0 unspecified atom stereocenters. The molecule has 15 nitrogen and oxygen atoms in total. The van der Waals surface area contributed by atoms with Crippen molar-refractivity contribution < 1.29 is 121 Å². The van der Waals surface area contributed by atoms with Gasteiger partial charge in [-0.2, -0.15) is 0 Å². The van der Waals surface area contributed by atoms with E-state index in [0.717, 1.165) is 161 Å². The summed E-state index contributed by atoms with van der Waals surface area (Å²) in [5, 5.41) is 9.85. The molecule has 0 bridgehead atoms. The number of hydrogen-bond acceptors (Lipinski definition) is 9. The number of hydrogen-bond donors (Lipinski definition) is 0. The van der Waals surface area contributed by atoms with E-state index >= 15 is 0 Å². The number of benzene rings is 9. The number of nitrogens with zero attached hydrogens (tertiary/aromatic N) is 15. The van der Waals surface area contributed by atoms with Gasteiger partial charge >= 0.3 is 0 Å². The van der Waals surface area contributed by atoms with Gasteiger partial charge in [-0.15, -0.1) is 148 Å². The van der Waals surface area contributed by atoms with Crippen molar-refractivity contribution in [2.75, 3.05) is 0 Å². The summed E-state index contributed by atoms with van der Waals surface area (Å²) in [6.07, 6.45) is 6.41. The van der Waals surface area contributed by atoms with E-state index in [1.807, 2.05) is 91.0 Å². The van der Waals surface area contributed by atoms with E-state index < -0.39 is 0 Å². The van der Waals surface area contributed by atoms with Crippen molar-refractivity contribution in [1.29, 1.82) is 0 Å². The van der Waals surface area contributed by atoms with Crippen molar-refractivity contribution in [2.45, 2.75) is 211 Å². The summed E-state index contributed by atoms with van der Waals surface area (Å²) in [5.74, 6) is 1.03. The Morgan fingerprint density at radius 3 is 1.23 bits per heavy atom. The number of fused-ring (bicyclic) bond motifs is 28. The summed E-state index contributed by atoms with van der Waals surface area (Å²) in [6.45, 7) is 55.0. The third-order valence-corrected chi connectivity index (χ3v) is 24.8. The van der Waals surface area contributed by atoms with Crippen LogP contribution in [-0.4, -0.2) is 71.3 Å². The summed E-state index contributed by atoms with van der Waals surface area (Å²) in [7, 11) is 0. The van der Waals surface area contributed by atoms with Crippen LogP contribution in [0.4, 0.5) is 0 Å². The van der Waals surface area contributed by atoms with Gasteiger partial charge < -0.3 is 36.4 Å². The van der Waals surface area contributed by atoms with Gasteiger partial charge in [-0.1, -0.05) is 239 Å². The molecule has 14 heterocycles. The van der Waals surface area contributed by atoms with Crippen LogP contribution in [0.2, 0.25) is 0 Å². The van der Waals surface area contributed by atoms with Gasteiger partial charge in [-0.05, 0) is 173 Å². The predicted octanol–water partition coefficient (Wildman–Crippen LogP) is 28.0.